The number of ether oxygens (including phenoxy) is 4. The van der Waals surface area contributed by atoms with Gasteiger partial charge in [-0.25, -0.2) is 0 Å². The molecule has 99 heavy (non-hydrogen) atoms. The molecule has 0 aliphatic rings. The molecule has 0 heterocycles. The summed E-state index contributed by atoms with van der Waals surface area (Å²) in [5, 5.41) is 11.9. The molecule has 0 aromatic carbocycles. The fraction of sp³-hybridized carbons (Fsp3) is 0.567. The van der Waals surface area contributed by atoms with Gasteiger partial charge in [0.2, 0.25) is 0 Å². The highest BCUT2D eigenvalue weighted by Gasteiger charge is 2.22. The minimum atomic E-state index is -1.64. The van der Waals surface area contributed by atoms with Crippen molar-refractivity contribution in [2.24, 2.45) is 0 Å². The van der Waals surface area contributed by atoms with Crippen LogP contribution >= 0.6 is 0 Å². The predicted molar refractivity (Wildman–Crippen MR) is 425 cm³/mol. The van der Waals surface area contributed by atoms with Crippen LogP contribution in [0.1, 0.15) is 271 Å². The van der Waals surface area contributed by atoms with Gasteiger partial charge >= 0.3 is 11.9 Å². The second-order valence-corrected chi connectivity index (χ2v) is 26.2. The van der Waals surface area contributed by atoms with Gasteiger partial charge in [-0.3, -0.25) is 9.59 Å². The fourth-order valence-corrected chi connectivity index (χ4v) is 9.87. The molecule has 0 aromatic heterocycles. The van der Waals surface area contributed by atoms with E-state index >= 15 is 0 Å². The molecule has 0 aliphatic carbocycles. The third kappa shape index (κ3) is 78.8. The molecule has 9 heteroatoms. The second-order valence-electron chi connectivity index (χ2n) is 26.2. The molecule has 9 nitrogen and oxygen atoms in total. The number of carbonyl (C=O) groups is 3. The van der Waals surface area contributed by atoms with Crippen molar-refractivity contribution < 1.29 is 42.9 Å². The minimum Gasteiger partial charge on any atom is -0.545 e. The molecule has 0 rings (SSSR count). The molecule has 0 bridgehead atoms. The molecule has 0 radical (unpaired) electrons. The van der Waals surface area contributed by atoms with Crippen LogP contribution in [0.25, 0.3) is 0 Å². The summed E-state index contributed by atoms with van der Waals surface area (Å²) in [7, 11) is 5.92. The lowest BCUT2D eigenvalue weighted by molar-refractivity contribution is -0.870. The molecular formula is C90H141NO8. The fourth-order valence-electron chi connectivity index (χ4n) is 9.87. The molecule has 2 atom stereocenters. The Labute approximate surface area is 607 Å². The summed E-state index contributed by atoms with van der Waals surface area (Å²) >= 11 is 0. The van der Waals surface area contributed by atoms with Crippen LogP contribution in [0.4, 0.5) is 0 Å². The number of aliphatic carboxylic acids is 1. The number of nitrogens with zero attached hydrogens (tertiary/aromatic N) is 1. The topological polar surface area (TPSA) is 111 Å². The average Bonchev–Trinajstić information content (AvgIpc) is 2.62. The zero-order valence-electron chi connectivity index (χ0n) is 63.3. The van der Waals surface area contributed by atoms with Crippen LogP contribution < -0.4 is 5.11 Å². The maximum atomic E-state index is 13.0. The van der Waals surface area contributed by atoms with Crippen molar-refractivity contribution in [2.45, 2.75) is 283 Å². The van der Waals surface area contributed by atoms with Crippen LogP contribution in [0.15, 0.2) is 219 Å². The van der Waals surface area contributed by atoms with Crippen LogP contribution in [-0.4, -0.2) is 82.3 Å². The van der Waals surface area contributed by atoms with E-state index in [0.717, 1.165) is 173 Å². The number of carbonyl (C=O) groups excluding carboxylic acids is 3. The third-order valence-corrected chi connectivity index (χ3v) is 15.7. The van der Waals surface area contributed by atoms with Gasteiger partial charge in [0.1, 0.15) is 13.2 Å². The second kappa shape index (κ2) is 77.3. The van der Waals surface area contributed by atoms with Crippen molar-refractivity contribution in [3.63, 3.8) is 0 Å². The number of likely N-dealkylation sites (N-methyl/N-ethyl adjacent to an activating group) is 1. The number of esters is 2. The number of rotatable bonds is 69. The number of quaternary nitrogens is 1. The highest BCUT2D eigenvalue weighted by molar-refractivity contribution is 5.70. The Balaban J connectivity index is 4.18. The van der Waals surface area contributed by atoms with Crippen molar-refractivity contribution in [1.82, 2.24) is 0 Å². The Morgan fingerprint density at radius 1 is 0.303 bits per heavy atom. The number of carboxylic acids is 1. The third-order valence-electron chi connectivity index (χ3n) is 15.7. The lowest BCUT2D eigenvalue weighted by Gasteiger charge is -2.26. The number of carboxylic acid groups (broad SMARTS) is 1. The molecule has 0 saturated heterocycles. The first kappa shape index (κ1) is 92.6. The van der Waals surface area contributed by atoms with E-state index in [0.29, 0.717) is 17.4 Å². The summed E-state index contributed by atoms with van der Waals surface area (Å²) in [6.45, 7) is 4.49. The van der Waals surface area contributed by atoms with Gasteiger partial charge in [0.15, 0.2) is 12.4 Å². The van der Waals surface area contributed by atoms with Crippen LogP contribution in [0.2, 0.25) is 0 Å². The minimum absolute atomic E-state index is 0.134. The van der Waals surface area contributed by atoms with E-state index in [2.05, 4.69) is 233 Å². The van der Waals surface area contributed by atoms with E-state index in [1.165, 1.54) is 64.2 Å². The van der Waals surface area contributed by atoms with Crippen molar-refractivity contribution in [3.05, 3.63) is 219 Å². The zero-order chi connectivity index (χ0) is 71.8. The number of hydrogen-bond acceptors (Lipinski definition) is 8. The Bertz CT molecular complexity index is 2440. The van der Waals surface area contributed by atoms with Crippen LogP contribution in [-0.2, 0) is 33.3 Å². The summed E-state index contributed by atoms with van der Waals surface area (Å²) in [5.74, 6) is -2.32. The lowest BCUT2D eigenvalue weighted by Crippen LogP contribution is -2.44. The number of allylic oxidation sites excluding steroid dienone is 36. The zero-order valence-corrected chi connectivity index (χ0v) is 63.3. The average molecular weight is 1370 g/mol. The first-order valence-electron chi connectivity index (χ1n) is 38.9. The van der Waals surface area contributed by atoms with Crippen molar-refractivity contribution >= 4 is 17.9 Å². The molecule has 2 unspecified atom stereocenters. The van der Waals surface area contributed by atoms with E-state index in [9.17, 15) is 19.5 Å². The van der Waals surface area contributed by atoms with Gasteiger partial charge in [-0.2, -0.15) is 0 Å². The van der Waals surface area contributed by atoms with Crippen molar-refractivity contribution in [1.29, 1.82) is 0 Å². The first-order chi connectivity index (χ1) is 48.6. The van der Waals surface area contributed by atoms with E-state index in [-0.39, 0.29) is 38.6 Å². The Kier molecular flexibility index (Phi) is 72.4. The molecule has 0 aromatic rings. The lowest BCUT2D eigenvalue weighted by atomic mass is 10.0. The monoisotopic (exact) mass is 1360 g/mol. The van der Waals surface area contributed by atoms with Gasteiger partial charge in [-0.1, -0.05) is 322 Å². The van der Waals surface area contributed by atoms with Crippen LogP contribution in [0.3, 0.4) is 0 Å². The Morgan fingerprint density at radius 2 is 0.545 bits per heavy atom. The van der Waals surface area contributed by atoms with E-state index in [1.807, 2.05) is 21.1 Å². The van der Waals surface area contributed by atoms with E-state index in [1.54, 1.807) is 0 Å². The van der Waals surface area contributed by atoms with E-state index in [4.69, 9.17) is 18.9 Å². The summed E-state index contributed by atoms with van der Waals surface area (Å²) in [6.07, 6.45) is 119. The normalized spacial score (nSPS) is 13.9. The molecule has 0 aliphatic heterocycles. The van der Waals surface area contributed by atoms with Crippen molar-refractivity contribution in [2.75, 3.05) is 47.5 Å². The molecule has 0 spiro atoms. The van der Waals surface area contributed by atoms with Gasteiger partial charge < -0.3 is 33.3 Å². The molecule has 0 saturated carbocycles. The number of unbranched alkanes of at least 4 members (excludes halogenated alkanes) is 18. The van der Waals surface area contributed by atoms with Crippen molar-refractivity contribution in [3.8, 4) is 0 Å². The molecule has 554 valence electrons. The quantitative estimate of drug-likeness (QED) is 0.0195. The first-order valence-corrected chi connectivity index (χ1v) is 38.9. The maximum absolute atomic E-state index is 13.0. The predicted octanol–water partition coefficient (Wildman–Crippen LogP) is 23.9. The van der Waals surface area contributed by atoms with Gasteiger partial charge in [0, 0.05) is 12.8 Å². The van der Waals surface area contributed by atoms with Crippen LogP contribution in [0, 0.1) is 0 Å². The van der Waals surface area contributed by atoms with Gasteiger partial charge in [-0.15, -0.1) is 0 Å². The highest BCUT2D eigenvalue weighted by atomic mass is 16.7. The highest BCUT2D eigenvalue weighted by Crippen LogP contribution is 2.16. The maximum Gasteiger partial charge on any atom is 0.306 e. The van der Waals surface area contributed by atoms with Gasteiger partial charge in [0.05, 0.1) is 40.3 Å². The van der Waals surface area contributed by atoms with E-state index < -0.39 is 24.3 Å². The molecule has 0 amide bonds. The SMILES string of the molecule is CC/C=C\C/C=C\C/C=C\C/C=C\C/C=C\C/C=C\C/C=C\C/C=C\C/C=C\C/C=C\CCCCCCCCCCCCC(=O)OC(COC(=O)CCCCCCCCCC/C=C\C/C=C\C/C=C\C/C=C\C/C=C\C/C=C\C/C=C\C/C=C\CC)COC(OCC[N+](C)(C)C)C(=O)[O-]. The van der Waals surface area contributed by atoms with Gasteiger partial charge in [-0.05, 0) is 154 Å². The molecule has 0 N–H and O–H groups in total. The number of hydrogen-bond donors (Lipinski definition) is 0. The van der Waals surface area contributed by atoms with Gasteiger partial charge in [0.25, 0.3) is 0 Å². The standard InChI is InChI=1S/C90H141NO8/c1-6-8-10-12-14-16-18-20-22-24-26-28-30-32-34-36-38-40-41-42-43-44-45-46-47-49-51-53-55-57-59-61-63-65-67-69-71-73-75-77-79-81-88(93)99-86(85-98-90(89(94)95)96-83-82-91(3,4)5)84-97-87(92)80-78-76-74-72-70-68-66-64-62-60-58-56-54-52-50-48-39-37-35-33-31-29-27-25-23-21-19-17-15-13-11-9-7-2/h8-11,14-17,20-23,26-29,32-35,38-40,42-43,45-46,48-49,51-52,54-55,57-58,60,86,90H,6-7,12-13,18-19,24-25,30-31,36-37,41,44,47,50,53,56,59,61-85H2,1-5H3/b10-8-,11-9-,16-14-,17-15-,22-20-,23-21-,28-26-,29-27-,34-32-,35-33-,40-38-,43-42-,46-45-,48-39-,51-49-,54-52-,57-55-,60-58-. The molecular weight excluding hydrogens is 1220 g/mol. The molecule has 0 fully saturated rings. The summed E-state index contributed by atoms with van der Waals surface area (Å²) in [5.41, 5.74) is 0. The largest absolute Gasteiger partial charge is 0.545 e. The summed E-state index contributed by atoms with van der Waals surface area (Å²) < 4.78 is 22.8. The summed E-state index contributed by atoms with van der Waals surface area (Å²) in [4.78, 5) is 37.6. The Morgan fingerprint density at radius 3 is 0.808 bits per heavy atom. The van der Waals surface area contributed by atoms with Crippen LogP contribution in [0.5, 0.6) is 0 Å². The Hall–Kier alpha value is -6.39. The summed E-state index contributed by atoms with van der Waals surface area (Å²) in [6, 6.07) is 0. The smallest absolute Gasteiger partial charge is 0.306 e.